The number of nitrogens with zero attached hydrogens (tertiary/aromatic N) is 2. The van der Waals surface area contributed by atoms with Crippen molar-refractivity contribution in [1.82, 2.24) is 0 Å². The number of esters is 1. The molecule has 0 fully saturated rings. The maximum Gasteiger partial charge on any atom is 0.363 e. The lowest BCUT2D eigenvalue weighted by Gasteiger charge is -2.03. The molecule has 10 heteroatoms. The van der Waals surface area contributed by atoms with E-state index in [-0.39, 0.29) is 38.8 Å². The Labute approximate surface area is 168 Å². The Morgan fingerprint density at radius 1 is 1.21 bits per heavy atom. The summed E-state index contributed by atoms with van der Waals surface area (Å²) in [5, 5.41) is 13.7. The molecular weight excluding hydrogens is 409 g/mol. The minimum absolute atomic E-state index is 0.0604. The second-order valence-corrected chi connectivity index (χ2v) is 6.49. The van der Waals surface area contributed by atoms with Crippen LogP contribution >= 0.6 is 23.2 Å². The zero-order chi connectivity index (χ0) is 20.4. The zero-order valence-electron chi connectivity index (χ0n) is 14.2. The highest BCUT2D eigenvalue weighted by Crippen LogP contribution is 2.32. The van der Waals surface area contributed by atoms with Crippen molar-refractivity contribution >= 4 is 58.4 Å². The number of halogens is 2. The van der Waals surface area contributed by atoms with Crippen LogP contribution in [-0.4, -0.2) is 22.7 Å². The first-order chi connectivity index (χ1) is 13.2. The Kier molecular flexibility index (Phi) is 5.43. The van der Waals surface area contributed by atoms with Crippen LogP contribution < -0.4 is 5.32 Å². The minimum atomic E-state index is -0.727. The lowest BCUT2D eigenvalue weighted by atomic mass is 10.1. The van der Waals surface area contributed by atoms with Gasteiger partial charge < -0.3 is 10.1 Å². The second kappa shape index (κ2) is 7.79. The van der Waals surface area contributed by atoms with Crippen molar-refractivity contribution in [3.8, 4) is 0 Å². The third kappa shape index (κ3) is 4.19. The number of carbonyl (C=O) groups excluding carboxylic acids is 2. The number of carbonyl (C=O) groups is 2. The number of aliphatic imine (C=N–C) groups is 1. The lowest BCUT2D eigenvalue weighted by Crippen LogP contribution is -2.07. The van der Waals surface area contributed by atoms with Crippen LogP contribution in [0.4, 0.5) is 11.4 Å². The highest BCUT2D eigenvalue weighted by Gasteiger charge is 2.25. The van der Waals surface area contributed by atoms with Gasteiger partial charge in [0.05, 0.1) is 4.92 Å². The van der Waals surface area contributed by atoms with Gasteiger partial charge in [-0.05, 0) is 36.4 Å². The molecule has 1 aliphatic rings. The van der Waals surface area contributed by atoms with Crippen molar-refractivity contribution < 1.29 is 19.2 Å². The number of anilines is 1. The van der Waals surface area contributed by atoms with Gasteiger partial charge in [-0.1, -0.05) is 23.2 Å². The summed E-state index contributed by atoms with van der Waals surface area (Å²) in [6.45, 7) is 1.39. The minimum Gasteiger partial charge on any atom is -0.402 e. The third-order valence-corrected chi connectivity index (χ3v) is 4.26. The Bertz CT molecular complexity index is 1060. The summed E-state index contributed by atoms with van der Waals surface area (Å²) in [7, 11) is 0. The van der Waals surface area contributed by atoms with Gasteiger partial charge in [-0.15, -0.1) is 0 Å². The number of benzene rings is 2. The molecule has 2 aromatic carbocycles. The largest absolute Gasteiger partial charge is 0.402 e. The molecule has 0 saturated carbocycles. The van der Waals surface area contributed by atoms with E-state index in [1.165, 1.54) is 19.1 Å². The summed E-state index contributed by atoms with van der Waals surface area (Å²) in [5.41, 5.74) is 0.883. The molecule has 0 aliphatic carbocycles. The fourth-order valence-electron chi connectivity index (χ4n) is 2.38. The molecule has 2 aromatic rings. The average molecular weight is 420 g/mol. The normalized spacial score (nSPS) is 14.6. The van der Waals surface area contributed by atoms with Crippen LogP contribution in [0.3, 0.4) is 0 Å². The number of ether oxygens (including phenoxy) is 1. The Balaban J connectivity index is 1.93. The molecule has 0 spiro atoms. The van der Waals surface area contributed by atoms with Crippen LogP contribution in [0.25, 0.3) is 6.08 Å². The van der Waals surface area contributed by atoms with E-state index in [2.05, 4.69) is 10.3 Å². The lowest BCUT2D eigenvalue weighted by molar-refractivity contribution is -0.384. The highest BCUT2D eigenvalue weighted by molar-refractivity contribution is 6.37. The molecule has 0 radical (unpaired) electrons. The first-order valence-corrected chi connectivity index (χ1v) is 8.54. The number of nitro groups is 1. The number of amides is 1. The number of nitro benzene ring substituents is 1. The Morgan fingerprint density at radius 3 is 2.50 bits per heavy atom. The van der Waals surface area contributed by atoms with Gasteiger partial charge in [-0.3, -0.25) is 14.9 Å². The van der Waals surface area contributed by atoms with Crippen molar-refractivity contribution in [1.29, 1.82) is 0 Å². The molecule has 28 heavy (non-hydrogen) atoms. The van der Waals surface area contributed by atoms with E-state index in [1.807, 2.05) is 0 Å². The van der Waals surface area contributed by atoms with E-state index in [4.69, 9.17) is 27.9 Å². The van der Waals surface area contributed by atoms with Gasteiger partial charge in [0.1, 0.15) is 5.02 Å². The first kappa shape index (κ1) is 19.5. The quantitative estimate of drug-likeness (QED) is 0.345. The van der Waals surface area contributed by atoms with Crippen LogP contribution in [0.1, 0.15) is 18.1 Å². The number of cyclic esters (lactones) is 1. The molecule has 1 amide bonds. The molecule has 0 unspecified atom stereocenters. The van der Waals surface area contributed by atoms with Gasteiger partial charge in [-0.2, -0.15) is 0 Å². The first-order valence-electron chi connectivity index (χ1n) is 7.78. The molecule has 142 valence electrons. The van der Waals surface area contributed by atoms with Crippen molar-refractivity contribution in [2.24, 2.45) is 4.99 Å². The zero-order valence-corrected chi connectivity index (χ0v) is 15.7. The molecule has 1 N–H and O–H groups in total. The predicted molar refractivity (Wildman–Crippen MR) is 104 cm³/mol. The molecule has 0 saturated heterocycles. The molecule has 0 bridgehead atoms. The summed E-state index contributed by atoms with van der Waals surface area (Å²) in [6, 6.07) is 8.89. The van der Waals surface area contributed by atoms with E-state index >= 15 is 0 Å². The van der Waals surface area contributed by atoms with Gasteiger partial charge in [-0.25, -0.2) is 9.79 Å². The predicted octanol–water partition coefficient (Wildman–Crippen LogP) is 4.20. The van der Waals surface area contributed by atoms with Crippen molar-refractivity contribution in [3.05, 3.63) is 73.4 Å². The molecule has 3 rings (SSSR count). The highest BCUT2D eigenvalue weighted by atomic mass is 35.5. The average Bonchev–Trinajstić information content (AvgIpc) is 2.97. The van der Waals surface area contributed by atoms with Crippen molar-refractivity contribution in [2.75, 3.05) is 5.32 Å². The number of hydrogen-bond acceptors (Lipinski definition) is 6. The summed E-state index contributed by atoms with van der Waals surface area (Å²) in [5.74, 6) is -0.878. The van der Waals surface area contributed by atoms with Crippen molar-refractivity contribution in [2.45, 2.75) is 6.92 Å². The van der Waals surface area contributed by atoms with E-state index in [1.54, 1.807) is 24.3 Å². The number of hydrogen-bond donors (Lipinski definition) is 1. The van der Waals surface area contributed by atoms with Crippen LogP contribution in [0.2, 0.25) is 10.0 Å². The smallest absolute Gasteiger partial charge is 0.363 e. The van der Waals surface area contributed by atoms with Gasteiger partial charge in [0.15, 0.2) is 5.70 Å². The number of rotatable bonds is 4. The van der Waals surface area contributed by atoms with E-state index in [0.717, 1.165) is 6.07 Å². The molecular formula is C18H11Cl2N3O5. The second-order valence-electron chi connectivity index (χ2n) is 5.68. The molecule has 1 aliphatic heterocycles. The Hall–Kier alpha value is -3.23. The number of nitrogens with one attached hydrogen (secondary N) is 1. The van der Waals surface area contributed by atoms with Crippen LogP contribution in [0.5, 0.6) is 0 Å². The molecule has 0 atom stereocenters. The molecule has 0 aromatic heterocycles. The summed E-state index contributed by atoms with van der Waals surface area (Å²) < 4.78 is 5.15. The van der Waals surface area contributed by atoms with Crippen LogP contribution in [-0.2, 0) is 14.3 Å². The topological polar surface area (TPSA) is 111 Å². The van der Waals surface area contributed by atoms with E-state index in [0.29, 0.717) is 11.3 Å². The van der Waals surface area contributed by atoms with Gasteiger partial charge >= 0.3 is 5.97 Å². The standard InChI is InChI=1S/C18H11Cl2N3O5/c1-9(24)21-12-4-2-10(3-5-12)17-22-15(18(25)28-17)6-11-7-16(23(26)27)14(20)8-13(11)19/h2-8H,1H3,(H,21,24)/b15-6+. The van der Waals surface area contributed by atoms with Crippen LogP contribution in [0, 0.1) is 10.1 Å². The Morgan fingerprint density at radius 2 is 1.89 bits per heavy atom. The maximum absolute atomic E-state index is 12.1. The van der Waals surface area contributed by atoms with Crippen molar-refractivity contribution in [3.63, 3.8) is 0 Å². The van der Waals surface area contributed by atoms with Gasteiger partial charge in [0.25, 0.3) is 5.69 Å². The summed E-state index contributed by atoms with van der Waals surface area (Å²) in [6.07, 6.45) is 1.28. The fraction of sp³-hybridized carbons (Fsp3) is 0.0556. The maximum atomic E-state index is 12.1. The molecule has 8 nitrogen and oxygen atoms in total. The van der Waals surface area contributed by atoms with E-state index in [9.17, 15) is 19.7 Å². The monoisotopic (exact) mass is 419 g/mol. The summed E-state index contributed by atoms with van der Waals surface area (Å²) in [4.78, 5) is 37.7. The SMILES string of the molecule is CC(=O)Nc1ccc(C2=N/C(=C/c3cc([N+](=O)[O-])c(Cl)cc3Cl)C(=O)O2)cc1. The van der Waals surface area contributed by atoms with E-state index < -0.39 is 10.9 Å². The summed E-state index contributed by atoms with van der Waals surface area (Å²) >= 11 is 11.9. The van der Waals surface area contributed by atoms with Crippen LogP contribution in [0.15, 0.2) is 47.1 Å². The fourth-order valence-corrected chi connectivity index (χ4v) is 2.89. The molecule has 1 heterocycles. The van der Waals surface area contributed by atoms with Gasteiger partial charge in [0, 0.05) is 34.8 Å². The third-order valence-electron chi connectivity index (χ3n) is 3.63. The van der Waals surface area contributed by atoms with Gasteiger partial charge in [0.2, 0.25) is 11.8 Å².